The number of thiophene rings is 10. The zero-order chi connectivity index (χ0) is 100. The van der Waals surface area contributed by atoms with Crippen LogP contribution in [0.4, 0.5) is 15.0 Å². The van der Waals surface area contributed by atoms with E-state index in [0.29, 0.717) is 99.0 Å². The number of rotatable bonds is 26. The van der Waals surface area contributed by atoms with E-state index in [0.717, 1.165) is 99.2 Å². The highest BCUT2D eigenvalue weighted by molar-refractivity contribution is 9.10. The number of carbonyl (C=O) groups excluding carboxylic acids is 5. The fraction of sp³-hybridized carbons (Fsp3) is 0.0707. The van der Waals surface area contributed by atoms with Gasteiger partial charge in [-0.2, -0.15) is 0 Å². The summed E-state index contributed by atoms with van der Waals surface area (Å²) in [6.45, 7) is 7.35. The van der Waals surface area contributed by atoms with Crippen LogP contribution in [0.5, 0.6) is 0 Å². The second-order valence-corrected chi connectivity index (χ2v) is 46.6. The number of nitrogens with one attached hydrogen (secondary N) is 3. The lowest BCUT2D eigenvalue weighted by Crippen LogP contribution is -2.14. The Morgan fingerprint density at radius 3 is 1.18 bits per heavy atom. The summed E-state index contributed by atoms with van der Waals surface area (Å²) in [5, 5.41) is 71.8. The molecule has 0 atom stereocenters. The molecule has 22 nitrogen and oxygen atoms in total. The Balaban J connectivity index is 0.000000147. The van der Waals surface area contributed by atoms with E-state index in [2.05, 4.69) is 31.9 Å². The molecule has 40 heteroatoms. The number of halogens is 6. The van der Waals surface area contributed by atoms with Gasteiger partial charge in [0.25, 0.3) is 17.7 Å². The molecule has 0 saturated carbocycles. The van der Waals surface area contributed by atoms with Gasteiger partial charge >= 0.3 is 29.8 Å². The lowest BCUT2D eigenvalue weighted by Gasteiger charge is -2.07. The first-order valence-corrected chi connectivity index (χ1v) is 55.0. The highest BCUT2D eigenvalue weighted by atomic mass is 79.9. The van der Waals surface area contributed by atoms with Crippen molar-refractivity contribution in [2.45, 2.75) is 55.2 Å². The lowest BCUT2D eigenvalue weighted by molar-refractivity contribution is 0.0686. The minimum absolute atomic E-state index is 0.0187. The van der Waals surface area contributed by atoms with Crippen LogP contribution in [-0.4, -0.2) is 108 Å². The van der Waals surface area contributed by atoms with Crippen LogP contribution in [0.3, 0.4) is 0 Å². The summed E-state index contributed by atoms with van der Waals surface area (Å²) in [6, 6.07) is 60.7. The Bertz CT molecular complexity index is 7770. The third-order valence-electron chi connectivity index (χ3n) is 20.4. The molecule has 17 rings (SSSR count). The van der Waals surface area contributed by atoms with Gasteiger partial charge in [0.2, 0.25) is 9.84 Å². The van der Waals surface area contributed by atoms with Crippen molar-refractivity contribution in [3.05, 3.63) is 362 Å². The van der Waals surface area contributed by atoms with E-state index in [1.165, 1.54) is 103 Å². The summed E-state index contributed by atoms with van der Waals surface area (Å²) in [6.07, 6.45) is 0.882. The summed E-state index contributed by atoms with van der Waals surface area (Å²) < 4.78 is 50.7. The average Bonchev–Trinajstić information content (AvgIpc) is 1.64. The molecule has 8 N–H and O–H groups in total. The number of aryl methyl sites for hydroxylation is 3. The Morgan fingerprint density at radius 2 is 0.763 bits per heavy atom. The molecule has 10 heterocycles. The van der Waals surface area contributed by atoms with Gasteiger partial charge in [0.05, 0.1) is 55.9 Å². The maximum Gasteiger partial charge on any atom is 0.339 e. The number of Topliss-reactive ketones (excluding diaryl/α,β-unsaturated/α-hetero) is 2. The van der Waals surface area contributed by atoms with Gasteiger partial charge in [-0.05, 0) is 168 Å². The van der Waals surface area contributed by atoms with Crippen molar-refractivity contribution in [3.63, 3.8) is 0 Å². The van der Waals surface area contributed by atoms with Gasteiger partial charge < -0.3 is 41.5 Å². The molecule has 0 bridgehead atoms. The summed E-state index contributed by atoms with van der Waals surface area (Å²) in [7, 11) is -7.40. The molecule has 0 fully saturated rings. The van der Waals surface area contributed by atoms with Crippen molar-refractivity contribution in [1.29, 1.82) is 0 Å². The monoisotopic (exact) mass is 2240 g/mol. The van der Waals surface area contributed by atoms with E-state index in [1.807, 2.05) is 112 Å². The quantitative estimate of drug-likeness (QED) is 0.0233. The van der Waals surface area contributed by atoms with Crippen LogP contribution in [0.25, 0.3) is 66.1 Å². The van der Waals surface area contributed by atoms with Crippen molar-refractivity contribution in [2.75, 3.05) is 22.2 Å². The molecule has 3 amide bonds. The van der Waals surface area contributed by atoms with E-state index in [-0.39, 0.29) is 86.8 Å². The summed E-state index contributed by atoms with van der Waals surface area (Å²) in [5.74, 6) is -7.29. The van der Waals surface area contributed by atoms with Gasteiger partial charge in [0, 0.05) is 113 Å². The SMILES string of the molecule is CS(=O)(=O)c1csc(C(=O)Cc2scc(-c3ccc(Cl)cc3)c2C(=O)O)c1Cl.Cc1c(S(=O)(=O)c2ccc(Cl)cc2)csc1C(=O)Nc1scc(-c2ccc(Br)cc2)c1C(=O)O.Cc1ccc(-c2csc(NC(=O)c3cc(C)sc3Cl)c2C(=O)O)cc1.Cc1ccc(-c2csc(NC(=O)c3cccs3)c2C(=O)O)cc1.O=C(Cc1scc(-c2ccc(Cl)cc2)c1C(=O)O)c1ccc(-c2ccccc2)s1. The largest absolute Gasteiger partial charge is 0.478 e. The molecule has 0 saturated heterocycles. The molecule has 0 radical (unpaired) electrons. The number of aromatic carboxylic acids is 5. The fourth-order valence-corrected chi connectivity index (χ4v) is 27.7. The summed E-state index contributed by atoms with van der Waals surface area (Å²) in [4.78, 5) is 127. The molecule has 0 aliphatic carbocycles. The third-order valence-corrected chi connectivity index (χ3v) is 35.7. The van der Waals surface area contributed by atoms with Gasteiger partial charge in [0.15, 0.2) is 21.4 Å². The first-order chi connectivity index (χ1) is 66.1. The van der Waals surface area contributed by atoms with Crippen LogP contribution in [0.2, 0.25) is 24.4 Å². The molecule has 7 aromatic carbocycles. The molecule has 708 valence electrons. The number of benzene rings is 7. The van der Waals surface area contributed by atoms with Gasteiger partial charge in [0.1, 0.15) is 36.0 Å². The van der Waals surface area contributed by atoms with E-state index in [1.54, 1.807) is 130 Å². The first-order valence-electron chi connectivity index (χ1n) is 40.3. The Morgan fingerprint density at radius 1 is 0.367 bits per heavy atom. The number of hydrogen-bond donors (Lipinski definition) is 8. The van der Waals surface area contributed by atoms with E-state index < -0.39 is 67.1 Å². The molecular formula is C99H69BrCl5N3O19S12. The van der Waals surface area contributed by atoms with Gasteiger partial charge in [-0.1, -0.05) is 206 Å². The number of carboxylic acids is 5. The Labute approximate surface area is 868 Å². The highest BCUT2D eigenvalue weighted by Gasteiger charge is 2.32. The number of carboxylic acid groups (broad SMARTS) is 5. The molecule has 0 unspecified atom stereocenters. The molecule has 17 aromatic rings. The van der Waals surface area contributed by atoms with Crippen LogP contribution < -0.4 is 16.0 Å². The molecule has 10 aromatic heterocycles. The van der Waals surface area contributed by atoms with Crippen LogP contribution >= 0.6 is 187 Å². The number of anilines is 3. The van der Waals surface area contributed by atoms with Crippen LogP contribution in [0, 0.1) is 27.7 Å². The zero-order valence-electron chi connectivity index (χ0n) is 72.3. The maximum atomic E-state index is 13.0. The normalized spacial score (nSPS) is 11.0. The smallest absolute Gasteiger partial charge is 0.339 e. The van der Waals surface area contributed by atoms with Crippen LogP contribution in [0.1, 0.15) is 132 Å². The second-order valence-electron chi connectivity index (χ2n) is 29.9. The predicted octanol–water partition coefficient (Wildman–Crippen LogP) is 29.6. The zero-order valence-corrected chi connectivity index (χ0v) is 87.4. The van der Waals surface area contributed by atoms with Crippen LogP contribution in [0.15, 0.2) is 268 Å². The highest BCUT2D eigenvalue weighted by Crippen LogP contribution is 2.44. The van der Waals surface area contributed by atoms with Crippen LogP contribution in [-0.2, 0) is 32.5 Å². The lowest BCUT2D eigenvalue weighted by atomic mass is 10.0. The standard InChI is InChI=1S/C23H15BrClNO5S3.C23H15ClO3S2.C18H12Cl2O5S3.C18H14ClNO3S2.C17H13NO3S2/c1-12-18(34(30,31)16-8-6-15(25)7-9-16)11-32-20(12)21(27)26-22-19(23(28)29)17(10-33-22)13-2-4-14(24)5-3-13;24-16-8-6-14(7-9-16)17-13-28-21(22(17)23(26)27)12-18(25)20-11-10-19(29-20)15-4-2-1-3-5-15;1-28(24,25)14-8-27-17(16(14)20)12(21)6-13-15(18(22)23)11(7-26-13)9-2-4-10(19)5-3-9;1-9-3-5-11(6-4-9)13-8-24-17(14(13)18(22)23)20-16(21)12-7-10(2)25-15(12)19;1-10-4-6-11(7-5-10)12-9-23-16(14(12)17(20)21)18-15(19)13-3-2-8-22-13/h2-11H,1H3,(H,26,27)(H,28,29);1-11,13H,12H2,(H,26,27);2-5,7-8H,6H2,1H3,(H,22,23);3-8H,1-2H3,(H,20,21)(H,22,23);2-9H,1H3,(H,18,19)(H,20,21). The Kier molecular flexibility index (Phi) is 34.9. The number of carbonyl (C=O) groups is 10. The van der Waals surface area contributed by atoms with Crippen molar-refractivity contribution in [3.8, 4) is 66.1 Å². The number of ketones is 2. The van der Waals surface area contributed by atoms with Crippen molar-refractivity contribution < 1.29 is 90.3 Å². The van der Waals surface area contributed by atoms with Crippen molar-refractivity contribution in [2.24, 2.45) is 0 Å². The Hall–Kier alpha value is -11.5. The molecule has 139 heavy (non-hydrogen) atoms. The van der Waals surface area contributed by atoms with Gasteiger partial charge in [-0.15, -0.1) is 113 Å². The maximum absolute atomic E-state index is 13.0. The van der Waals surface area contributed by atoms with Crippen molar-refractivity contribution >= 4 is 281 Å². The first kappa shape index (κ1) is 105. The van der Waals surface area contributed by atoms with Gasteiger partial charge in [-0.25, -0.2) is 40.8 Å². The van der Waals surface area contributed by atoms with E-state index in [9.17, 15) is 90.3 Å². The molecule has 0 aliphatic rings. The summed E-state index contributed by atoms with van der Waals surface area (Å²) >= 11 is 45.1. The minimum Gasteiger partial charge on any atom is -0.478 e. The molecular weight excluding hydrogens is 2180 g/mol. The number of sulfone groups is 2. The minimum atomic E-state index is -3.85. The molecule has 0 spiro atoms. The molecule has 0 aliphatic heterocycles. The van der Waals surface area contributed by atoms with Gasteiger partial charge in [-0.3, -0.25) is 24.0 Å². The predicted molar refractivity (Wildman–Crippen MR) is 567 cm³/mol. The average molecular weight is 2250 g/mol. The second kappa shape index (κ2) is 46.3. The number of amides is 3. The summed E-state index contributed by atoms with van der Waals surface area (Å²) in [5.41, 5.74) is 10.8. The number of hydrogen-bond acceptors (Lipinski definition) is 24. The van der Waals surface area contributed by atoms with E-state index >= 15 is 0 Å². The third kappa shape index (κ3) is 25.4. The van der Waals surface area contributed by atoms with E-state index in [4.69, 9.17) is 58.0 Å². The fourth-order valence-electron chi connectivity index (χ4n) is 13.6. The topological polar surface area (TPSA) is 376 Å². The van der Waals surface area contributed by atoms with Crippen molar-refractivity contribution in [1.82, 2.24) is 0 Å².